The van der Waals surface area contributed by atoms with Gasteiger partial charge in [-0.15, -0.1) is 0 Å². The Kier molecular flexibility index (Phi) is 6.62. The molecule has 1 amide bonds. The molecule has 1 aromatic heterocycles. The number of carbonyl (C=O) groups is 2. The average molecular weight is 387 g/mol. The monoisotopic (exact) mass is 387 g/mol. The number of aromatic nitrogens is 1. The van der Waals surface area contributed by atoms with Crippen LogP contribution in [0.1, 0.15) is 46.1 Å². The minimum atomic E-state index is -0.926. The number of alkyl carbamates (subject to hydrolysis) is 1. The van der Waals surface area contributed by atoms with Crippen LogP contribution in [0.2, 0.25) is 0 Å². The van der Waals surface area contributed by atoms with Crippen LogP contribution in [0.25, 0.3) is 11.1 Å². The van der Waals surface area contributed by atoms with Crippen molar-refractivity contribution < 1.29 is 23.5 Å². The molecule has 0 aliphatic heterocycles. The van der Waals surface area contributed by atoms with Gasteiger partial charge in [-0.1, -0.05) is 19.9 Å². The minimum absolute atomic E-state index is 0.0353. The number of hydrogen-bond donors (Lipinski definition) is 1. The summed E-state index contributed by atoms with van der Waals surface area (Å²) in [5, 5.41) is 11.5. The summed E-state index contributed by atoms with van der Waals surface area (Å²) in [5.74, 6) is -0.414. The SMILES string of the molecule is CC(C)COC(=O)[C@H](Cc1ccc2nc(C#N)oc2c1)NC(=O)OC(C)(C)C. The third-order valence-electron chi connectivity index (χ3n) is 3.52. The maximum atomic E-state index is 12.5. The quantitative estimate of drug-likeness (QED) is 0.756. The normalized spacial score (nSPS) is 12.5. The molecule has 1 atom stereocenters. The standard InChI is InChI=1S/C20H25N3O5/c1-12(2)11-26-18(24)15(23-19(25)28-20(3,4)5)8-13-6-7-14-16(9-13)27-17(10-21)22-14/h6-7,9,12,15H,8,11H2,1-5H3,(H,23,25)/t15-/m0/s1. The molecule has 28 heavy (non-hydrogen) atoms. The first kappa shape index (κ1) is 21.2. The topological polar surface area (TPSA) is 114 Å². The highest BCUT2D eigenvalue weighted by Crippen LogP contribution is 2.18. The zero-order valence-corrected chi connectivity index (χ0v) is 16.7. The molecule has 0 fully saturated rings. The second-order valence-corrected chi connectivity index (χ2v) is 7.86. The van der Waals surface area contributed by atoms with Crippen molar-refractivity contribution in [1.29, 1.82) is 5.26 Å². The Bertz CT molecular complexity index is 889. The molecule has 8 heteroatoms. The van der Waals surface area contributed by atoms with E-state index in [0.717, 1.165) is 5.56 Å². The van der Waals surface area contributed by atoms with Crippen LogP contribution < -0.4 is 5.32 Å². The van der Waals surface area contributed by atoms with Crippen LogP contribution in [0, 0.1) is 17.2 Å². The summed E-state index contributed by atoms with van der Waals surface area (Å²) in [6, 6.07) is 6.05. The minimum Gasteiger partial charge on any atom is -0.464 e. The van der Waals surface area contributed by atoms with Crippen LogP contribution in [0.5, 0.6) is 0 Å². The molecule has 2 rings (SSSR count). The highest BCUT2D eigenvalue weighted by molar-refractivity contribution is 5.82. The number of rotatable bonds is 6. The second kappa shape index (κ2) is 8.74. The summed E-state index contributed by atoms with van der Waals surface area (Å²) >= 11 is 0. The van der Waals surface area contributed by atoms with Gasteiger partial charge < -0.3 is 19.2 Å². The molecule has 8 nitrogen and oxygen atoms in total. The predicted molar refractivity (Wildman–Crippen MR) is 101 cm³/mol. The number of benzene rings is 1. The Hall–Kier alpha value is -3.08. The van der Waals surface area contributed by atoms with Gasteiger partial charge in [-0.3, -0.25) is 0 Å². The van der Waals surface area contributed by atoms with Gasteiger partial charge in [0.25, 0.3) is 0 Å². The summed E-state index contributed by atoms with van der Waals surface area (Å²) in [7, 11) is 0. The van der Waals surface area contributed by atoms with E-state index in [1.54, 1.807) is 39.0 Å². The molecule has 1 aromatic carbocycles. The first-order chi connectivity index (χ1) is 13.1. The average Bonchev–Trinajstić information content (AvgIpc) is 2.99. The molecule has 0 unspecified atom stereocenters. The Morgan fingerprint density at radius 2 is 2.04 bits per heavy atom. The van der Waals surface area contributed by atoms with Crippen molar-refractivity contribution in [3.05, 3.63) is 29.7 Å². The number of fused-ring (bicyclic) bond motifs is 1. The lowest BCUT2D eigenvalue weighted by molar-refractivity contribution is -0.147. The molecule has 1 heterocycles. The highest BCUT2D eigenvalue weighted by atomic mass is 16.6. The van der Waals surface area contributed by atoms with Crippen LogP contribution in [-0.2, 0) is 20.7 Å². The highest BCUT2D eigenvalue weighted by Gasteiger charge is 2.26. The van der Waals surface area contributed by atoms with Gasteiger partial charge >= 0.3 is 18.0 Å². The fraction of sp³-hybridized carbons (Fsp3) is 0.500. The lowest BCUT2D eigenvalue weighted by atomic mass is 10.1. The van der Waals surface area contributed by atoms with Crippen molar-refractivity contribution in [2.24, 2.45) is 5.92 Å². The van der Waals surface area contributed by atoms with E-state index in [9.17, 15) is 9.59 Å². The second-order valence-electron chi connectivity index (χ2n) is 7.86. The molecular formula is C20H25N3O5. The number of carbonyl (C=O) groups excluding carboxylic acids is 2. The first-order valence-corrected chi connectivity index (χ1v) is 9.03. The van der Waals surface area contributed by atoms with E-state index in [4.69, 9.17) is 19.2 Å². The summed E-state index contributed by atoms with van der Waals surface area (Å²) in [6.45, 7) is 9.32. The van der Waals surface area contributed by atoms with Gasteiger partial charge in [0.1, 0.15) is 17.2 Å². The summed E-state index contributed by atoms with van der Waals surface area (Å²) in [5.41, 5.74) is 0.999. The van der Waals surface area contributed by atoms with Gasteiger partial charge in [-0.05, 0) is 44.4 Å². The lowest BCUT2D eigenvalue weighted by Gasteiger charge is -2.23. The first-order valence-electron chi connectivity index (χ1n) is 9.03. The van der Waals surface area contributed by atoms with Gasteiger partial charge in [0.15, 0.2) is 11.7 Å². The third-order valence-corrected chi connectivity index (χ3v) is 3.52. The Morgan fingerprint density at radius 3 is 2.64 bits per heavy atom. The molecule has 2 aromatic rings. The molecule has 0 aliphatic carbocycles. The Morgan fingerprint density at radius 1 is 1.32 bits per heavy atom. The van der Waals surface area contributed by atoms with E-state index in [1.165, 1.54) is 0 Å². The van der Waals surface area contributed by atoms with Crippen LogP contribution in [0.4, 0.5) is 4.79 Å². The lowest BCUT2D eigenvalue weighted by Crippen LogP contribution is -2.45. The number of nitriles is 1. The number of oxazole rings is 1. The van der Waals surface area contributed by atoms with Crippen molar-refractivity contribution in [2.75, 3.05) is 6.61 Å². The molecule has 0 aliphatic rings. The van der Waals surface area contributed by atoms with Crippen molar-refractivity contribution in [3.63, 3.8) is 0 Å². The summed E-state index contributed by atoms with van der Waals surface area (Å²) in [4.78, 5) is 28.7. The van der Waals surface area contributed by atoms with Crippen LogP contribution in [0.3, 0.4) is 0 Å². The predicted octanol–water partition coefficient (Wildman–Crippen LogP) is 3.33. The van der Waals surface area contributed by atoms with E-state index in [-0.39, 0.29) is 24.8 Å². The van der Waals surface area contributed by atoms with Crippen molar-refractivity contribution >= 4 is 23.2 Å². The number of esters is 1. The fourth-order valence-corrected chi connectivity index (χ4v) is 2.37. The molecule has 0 radical (unpaired) electrons. The molecule has 150 valence electrons. The van der Waals surface area contributed by atoms with E-state index in [1.807, 2.05) is 19.9 Å². The summed E-state index contributed by atoms with van der Waals surface area (Å²) < 4.78 is 15.9. The van der Waals surface area contributed by atoms with Crippen molar-refractivity contribution in [2.45, 2.75) is 52.7 Å². The van der Waals surface area contributed by atoms with E-state index in [2.05, 4.69) is 10.3 Å². The van der Waals surface area contributed by atoms with Gasteiger partial charge in [0.05, 0.1) is 6.61 Å². The largest absolute Gasteiger partial charge is 0.464 e. The van der Waals surface area contributed by atoms with Crippen molar-refractivity contribution in [1.82, 2.24) is 10.3 Å². The smallest absolute Gasteiger partial charge is 0.408 e. The molecule has 0 saturated heterocycles. The van der Waals surface area contributed by atoms with Gasteiger partial charge in [0, 0.05) is 6.42 Å². The van der Waals surface area contributed by atoms with E-state index in [0.29, 0.717) is 11.1 Å². The number of nitrogens with zero attached hydrogens (tertiary/aromatic N) is 2. The maximum absolute atomic E-state index is 12.5. The number of nitrogens with one attached hydrogen (secondary N) is 1. The molecule has 0 bridgehead atoms. The van der Waals surface area contributed by atoms with E-state index < -0.39 is 23.7 Å². The van der Waals surface area contributed by atoms with Crippen LogP contribution >= 0.6 is 0 Å². The van der Waals surface area contributed by atoms with Crippen LogP contribution in [0.15, 0.2) is 22.6 Å². The molecule has 1 N–H and O–H groups in total. The van der Waals surface area contributed by atoms with Crippen molar-refractivity contribution in [3.8, 4) is 6.07 Å². The van der Waals surface area contributed by atoms with Crippen LogP contribution in [-0.4, -0.2) is 35.3 Å². The molecule has 0 spiro atoms. The third kappa shape index (κ3) is 6.27. The fourth-order valence-electron chi connectivity index (χ4n) is 2.37. The molecular weight excluding hydrogens is 362 g/mol. The maximum Gasteiger partial charge on any atom is 0.408 e. The van der Waals surface area contributed by atoms with E-state index >= 15 is 0 Å². The molecule has 0 saturated carbocycles. The zero-order chi connectivity index (χ0) is 20.9. The van der Waals surface area contributed by atoms with Gasteiger partial charge in [-0.25, -0.2) is 9.59 Å². The number of amides is 1. The Balaban J connectivity index is 2.18. The number of hydrogen-bond acceptors (Lipinski definition) is 7. The zero-order valence-electron chi connectivity index (χ0n) is 16.7. The van der Waals surface area contributed by atoms with Gasteiger partial charge in [-0.2, -0.15) is 10.2 Å². The van der Waals surface area contributed by atoms with Gasteiger partial charge in [0.2, 0.25) is 0 Å². The summed E-state index contributed by atoms with van der Waals surface area (Å²) in [6.07, 6.45) is -0.527. The Labute approximate surface area is 163 Å². The number of ether oxygens (including phenoxy) is 2.